The molecule has 0 atom stereocenters. The predicted molar refractivity (Wildman–Crippen MR) is 99.6 cm³/mol. The SMILES string of the molecule is CCOC1CCC(N2CCC(N3CNc4ccc(F)cc43)CC2)CC1. The molecule has 1 aliphatic carbocycles. The second-order valence-corrected chi connectivity index (χ2v) is 7.62. The third kappa shape index (κ3) is 3.63. The van der Waals surface area contributed by atoms with Gasteiger partial charge in [-0.1, -0.05) is 0 Å². The molecule has 1 N–H and O–H groups in total. The van der Waals surface area contributed by atoms with Crippen LogP contribution in [0.25, 0.3) is 0 Å². The molecular weight excluding hydrogens is 317 g/mol. The summed E-state index contributed by atoms with van der Waals surface area (Å²) >= 11 is 0. The summed E-state index contributed by atoms with van der Waals surface area (Å²) in [4.78, 5) is 5.05. The van der Waals surface area contributed by atoms with Crippen molar-refractivity contribution in [3.05, 3.63) is 24.0 Å². The smallest absolute Gasteiger partial charge is 0.125 e. The van der Waals surface area contributed by atoms with Crippen LogP contribution < -0.4 is 10.2 Å². The molecule has 138 valence electrons. The van der Waals surface area contributed by atoms with Gasteiger partial charge in [-0.2, -0.15) is 0 Å². The Morgan fingerprint density at radius 3 is 2.56 bits per heavy atom. The fourth-order valence-electron chi connectivity index (χ4n) is 4.85. The maximum atomic E-state index is 13.6. The Morgan fingerprint density at radius 1 is 1.08 bits per heavy atom. The van der Waals surface area contributed by atoms with Gasteiger partial charge in [0.2, 0.25) is 0 Å². The van der Waals surface area contributed by atoms with Crippen LogP contribution in [0.5, 0.6) is 0 Å². The van der Waals surface area contributed by atoms with E-state index in [2.05, 4.69) is 22.0 Å². The average molecular weight is 347 g/mol. The summed E-state index contributed by atoms with van der Waals surface area (Å²) in [7, 11) is 0. The number of fused-ring (bicyclic) bond motifs is 1. The molecule has 1 aromatic rings. The summed E-state index contributed by atoms with van der Waals surface area (Å²) in [6.45, 7) is 6.06. The Hall–Kier alpha value is -1.33. The number of hydrogen-bond donors (Lipinski definition) is 1. The number of hydrogen-bond acceptors (Lipinski definition) is 4. The molecule has 2 heterocycles. The third-order valence-corrected chi connectivity index (χ3v) is 6.21. The Morgan fingerprint density at radius 2 is 1.84 bits per heavy atom. The lowest BCUT2D eigenvalue weighted by Gasteiger charge is -2.43. The molecule has 1 saturated heterocycles. The van der Waals surface area contributed by atoms with E-state index in [-0.39, 0.29) is 5.82 Å². The lowest BCUT2D eigenvalue weighted by atomic mass is 9.90. The van der Waals surface area contributed by atoms with Crippen molar-refractivity contribution in [1.29, 1.82) is 0 Å². The molecule has 0 unspecified atom stereocenters. The normalized spacial score (nSPS) is 28.0. The fraction of sp³-hybridized carbons (Fsp3) is 0.700. The Balaban J connectivity index is 1.31. The number of ether oxygens (including phenoxy) is 1. The van der Waals surface area contributed by atoms with Crippen molar-refractivity contribution in [2.24, 2.45) is 0 Å². The van der Waals surface area contributed by atoms with Gasteiger partial charge in [0.05, 0.1) is 24.1 Å². The molecule has 0 radical (unpaired) electrons. The molecule has 4 nitrogen and oxygen atoms in total. The van der Waals surface area contributed by atoms with Crippen LogP contribution in [0.2, 0.25) is 0 Å². The zero-order chi connectivity index (χ0) is 17.2. The molecular formula is C20H30FN3O. The van der Waals surface area contributed by atoms with Crippen molar-refractivity contribution in [1.82, 2.24) is 4.90 Å². The predicted octanol–water partition coefficient (Wildman–Crippen LogP) is 3.83. The number of anilines is 2. The Bertz CT molecular complexity index is 580. The molecule has 4 rings (SSSR count). The molecule has 0 spiro atoms. The van der Waals surface area contributed by atoms with E-state index >= 15 is 0 Å². The second kappa shape index (κ2) is 7.50. The zero-order valence-corrected chi connectivity index (χ0v) is 15.2. The lowest BCUT2D eigenvalue weighted by Crippen LogP contribution is -2.49. The minimum Gasteiger partial charge on any atom is -0.379 e. The summed E-state index contributed by atoms with van der Waals surface area (Å²) in [5.74, 6) is -0.143. The number of likely N-dealkylation sites (tertiary alicyclic amines) is 1. The van der Waals surface area contributed by atoms with Gasteiger partial charge in [-0.3, -0.25) is 0 Å². The standard InChI is InChI=1S/C20H30FN3O/c1-2-25-18-6-4-16(5-7-18)23-11-9-17(10-12-23)24-14-22-19-8-3-15(21)13-20(19)24/h3,8,13,16-18,22H,2,4-7,9-12,14H2,1H3. The number of benzene rings is 1. The van der Waals surface area contributed by atoms with Crippen LogP contribution in [0.3, 0.4) is 0 Å². The van der Waals surface area contributed by atoms with Crippen molar-refractivity contribution >= 4 is 11.4 Å². The van der Waals surface area contributed by atoms with Gasteiger partial charge >= 0.3 is 0 Å². The quantitative estimate of drug-likeness (QED) is 0.896. The highest BCUT2D eigenvalue weighted by Crippen LogP contribution is 2.36. The molecule has 1 saturated carbocycles. The van der Waals surface area contributed by atoms with Crippen molar-refractivity contribution in [2.45, 2.75) is 63.6 Å². The van der Waals surface area contributed by atoms with E-state index in [4.69, 9.17) is 4.74 Å². The van der Waals surface area contributed by atoms with E-state index in [1.165, 1.54) is 44.6 Å². The van der Waals surface area contributed by atoms with Crippen LogP contribution in [0, 0.1) is 5.82 Å². The van der Waals surface area contributed by atoms with Crippen LogP contribution in [0.15, 0.2) is 18.2 Å². The molecule has 0 amide bonds. The van der Waals surface area contributed by atoms with Gasteiger partial charge in [0.15, 0.2) is 0 Å². The average Bonchev–Trinajstić information content (AvgIpc) is 3.06. The van der Waals surface area contributed by atoms with E-state index in [9.17, 15) is 4.39 Å². The van der Waals surface area contributed by atoms with Gasteiger partial charge in [0.1, 0.15) is 5.82 Å². The van der Waals surface area contributed by atoms with E-state index in [0.29, 0.717) is 12.1 Å². The topological polar surface area (TPSA) is 27.7 Å². The van der Waals surface area contributed by atoms with Gasteiger partial charge in [-0.05, 0) is 63.6 Å². The molecule has 1 aromatic carbocycles. The third-order valence-electron chi connectivity index (χ3n) is 6.21. The number of rotatable bonds is 4. The first kappa shape index (κ1) is 17.1. The summed E-state index contributed by atoms with van der Waals surface area (Å²) in [6.07, 6.45) is 7.79. The van der Waals surface area contributed by atoms with Crippen LogP contribution in [0.4, 0.5) is 15.8 Å². The second-order valence-electron chi connectivity index (χ2n) is 7.62. The number of nitrogens with one attached hydrogen (secondary N) is 1. The highest BCUT2D eigenvalue weighted by molar-refractivity contribution is 5.75. The first-order valence-electron chi connectivity index (χ1n) is 9.90. The van der Waals surface area contributed by atoms with E-state index < -0.39 is 0 Å². The number of nitrogens with zero attached hydrogens (tertiary/aromatic N) is 2. The van der Waals surface area contributed by atoms with Gasteiger partial charge in [0.25, 0.3) is 0 Å². The molecule has 2 aliphatic heterocycles. The number of piperidine rings is 1. The summed E-state index contributed by atoms with van der Waals surface area (Å²) in [6, 6.07) is 6.33. The molecule has 0 aromatic heterocycles. The zero-order valence-electron chi connectivity index (χ0n) is 15.2. The highest BCUT2D eigenvalue weighted by Gasteiger charge is 2.33. The molecule has 3 aliphatic rings. The largest absolute Gasteiger partial charge is 0.379 e. The Labute approximate surface area is 150 Å². The van der Waals surface area contributed by atoms with Gasteiger partial charge < -0.3 is 19.9 Å². The van der Waals surface area contributed by atoms with Crippen LogP contribution >= 0.6 is 0 Å². The van der Waals surface area contributed by atoms with Crippen molar-refractivity contribution in [2.75, 3.05) is 36.6 Å². The monoisotopic (exact) mass is 347 g/mol. The van der Waals surface area contributed by atoms with Crippen molar-refractivity contribution in [3.8, 4) is 0 Å². The molecule has 25 heavy (non-hydrogen) atoms. The first-order valence-corrected chi connectivity index (χ1v) is 9.90. The van der Waals surface area contributed by atoms with Gasteiger partial charge in [-0.25, -0.2) is 4.39 Å². The van der Waals surface area contributed by atoms with Crippen LogP contribution in [0.1, 0.15) is 45.4 Å². The molecule has 2 fully saturated rings. The summed E-state index contributed by atoms with van der Waals surface area (Å²) < 4.78 is 19.4. The molecule has 0 bridgehead atoms. The summed E-state index contributed by atoms with van der Waals surface area (Å²) in [5, 5.41) is 3.40. The maximum Gasteiger partial charge on any atom is 0.125 e. The minimum atomic E-state index is -0.143. The molecule has 5 heteroatoms. The van der Waals surface area contributed by atoms with Crippen molar-refractivity contribution < 1.29 is 9.13 Å². The van der Waals surface area contributed by atoms with Crippen LogP contribution in [-0.4, -0.2) is 49.5 Å². The van der Waals surface area contributed by atoms with E-state index in [1.807, 2.05) is 6.07 Å². The van der Waals surface area contributed by atoms with Crippen molar-refractivity contribution in [3.63, 3.8) is 0 Å². The van der Waals surface area contributed by atoms with E-state index in [1.54, 1.807) is 6.07 Å². The first-order chi connectivity index (χ1) is 12.2. The minimum absolute atomic E-state index is 0.143. The lowest BCUT2D eigenvalue weighted by molar-refractivity contribution is 0.00948. The fourth-order valence-corrected chi connectivity index (χ4v) is 4.85. The highest BCUT2D eigenvalue weighted by atomic mass is 19.1. The van der Waals surface area contributed by atoms with Gasteiger partial charge in [0, 0.05) is 31.8 Å². The van der Waals surface area contributed by atoms with Gasteiger partial charge in [-0.15, -0.1) is 0 Å². The number of halogens is 1. The summed E-state index contributed by atoms with van der Waals surface area (Å²) in [5.41, 5.74) is 2.11. The maximum absolute atomic E-state index is 13.6. The van der Waals surface area contributed by atoms with Crippen LogP contribution in [-0.2, 0) is 4.74 Å². The Kier molecular flexibility index (Phi) is 5.13. The van der Waals surface area contributed by atoms with E-state index in [0.717, 1.165) is 43.8 Å².